The summed E-state index contributed by atoms with van der Waals surface area (Å²) in [5.74, 6) is -0.247. The molecule has 0 fully saturated rings. The molecule has 3 atom stereocenters. The molecule has 0 aromatic carbocycles. The molecule has 46 heavy (non-hydrogen) atoms. The number of hydrogen-bond acceptors (Lipinski definition) is 8. The third-order valence-corrected chi connectivity index (χ3v) is 30.0. The predicted octanol–water partition coefficient (Wildman–Crippen LogP) is 10.6. The molecular weight excluding hydrogens is 681 g/mol. The molecule has 0 saturated carbocycles. The zero-order valence-corrected chi connectivity index (χ0v) is 38.9. The van der Waals surface area contributed by atoms with Crippen LogP contribution in [-0.4, -0.2) is 77.2 Å². The van der Waals surface area contributed by atoms with E-state index in [1.54, 1.807) is 0 Å². The number of carbonyl (C=O) groups excluding carboxylic acids is 1. The lowest BCUT2D eigenvalue weighted by Gasteiger charge is -2.47. The quantitative estimate of drug-likeness (QED) is 0.0443. The maximum Gasteiger partial charge on any atom is 0.331 e. The number of carbonyl (C=O) groups is 1. The Morgan fingerprint density at radius 3 is 1.50 bits per heavy atom. The highest BCUT2D eigenvalue weighted by molar-refractivity contribution is 6.92. The first-order valence-electron chi connectivity index (χ1n) is 18.2. The lowest BCUT2D eigenvalue weighted by atomic mass is 10.1. The fourth-order valence-corrected chi connectivity index (χ4v) is 35.8. The Labute approximate surface area is 292 Å². The molecule has 0 heterocycles. The number of methoxy groups -OCH3 is 1. The fraction of sp³-hybridized carbons (Fsp3) is 0.969. The number of hydrogen-bond donors (Lipinski definition) is 0. The molecule has 0 aliphatic rings. The van der Waals surface area contributed by atoms with E-state index in [9.17, 15) is 4.79 Å². The third-order valence-electron chi connectivity index (χ3n) is 7.46. The maximum absolute atomic E-state index is 13.7. The molecule has 0 rings (SSSR count). The summed E-state index contributed by atoms with van der Waals surface area (Å²) in [7, 11) is -13.9. The molecular formula is C32H76O8Si6. The molecule has 0 N–H and O–H groups in total. The molecule has 0 amide bonds. The van der Waals surface area contributed by atoms with Crippen molar-refractivity contribution >= 4 is 56.8 Å². The Bertz CT molecular complexity index is 836. The summed E-state index contributed by atoms with van der Waals surface area (Å²) in [5, 5.41) is 0. The minimum atomic E-state index is -3.30. The highest BCUT2D eigenvalue weighted by atomic mass is 28.5. The van der Waals surface area contributed by atoms with E-state index in [1.165, 1.54) is 52.1 Å². The zero-order valence-electron chi connectivity index (χ0n) is 32.9. The van der Waals surface area contributed by atoms with Crippen molar-refractivity contribution in [2.24, 2.45) is 0 Å². The highest BCUT2D eigenvalue weighted by Gasteiger charge is 2.56. The van der Waals surface area contributed by atoms with Crippen LogP contribution in [0.4, 0.5) is 0 Å². The first-order valence-corrected chi connectivity index (χ1v) is 35.6. The number of unbranched alkanes of at least 4 members (excludes halogenated alkanes) is 8. The highest BCUT2D eigenvalue weighted by Crippen LogP contribution is 2.39. The molecule has 0 spiro atoms. The standard InChI is InChI=1S/C32H76O8Si6/c1-16-18-20-21-22-23-24-27-31(32(33)34-3)46(15,39-44(12,13)37-42(7,8)9)40-45(14,30-26-29-35-28-25-19-17-2)38-43(10,11)36-41(4,5)6/h31H,16-30H2,1-15H3/t31?,45-,46+/m0/s1. The van der Waals surface area contributed by atoms with Crippen LogP contribution in [0, 0.1) is 0 Å². The predicted molar refractivity (Wildman–Crippen MR) is 208 cm³/mol. The summed E-state index contributed by atoms with van der Waals surface area (Å²) in [6.07, 6.45) is 13.2. The van der Waals surface area contributed by atoms with E-state index >= 15 is 0 Å². The Balaban J connectivity index is 6.50. The summed E-state index contributed by atoms with van der Waals surface area (Å²) in [6.45, 7) is 31.7. The van der Waals surface area contributed by atoms with E-state index in [2.05, 4.69) is 92.4 Å². The van der Waals surface area contributed by atoms with E-state index in [-0.39, 0.29) is 5.97 Å². The van der Waals surface area contributed by atoms with Gasteiger partial charge in [-0.15, -0.1) is 0 Å². The molecule has 8 nitrogen and oxygen atoms in total. The van der Waals surface area contributed by atoms with Gasteiger partial charge in [0.05, 0.1) is 12.7 Å². The van der Waals surface area contributed by atoms with Crippen molar-refractivity contribution in [3.8, 4) is 0 Å². The molecule has 276 valence electrons. The zero-order chi connectivity index (χ0) is 35.7. The summed E-state index contributed by atoms with van der Waals surface area (Å²) >= 11 is 0. The van der Waals surface area contributed by atoms with Gasteiger partial charge in [-0.3, -0.25) is 4.79 Å². The van der Waals surface area contributed by atoms with Gasteiger partial charge < -0.3 is 30.0 Å². The first kappa shape index (κ1) is 46.5. The summed E-state index contributed by atoms with van der Waals surface area (Å²) < 4.78 is 46.5. The van der Waals surface area contributed by atoms with E-state index < -0.39 is 56.4 Å². The van der Waals surface area contributed by atoms with Crippen molar-refractivity contribution in [3.63, 3.8) is 0 Å². The Hall–Kier alpha value is 0.531. The van der Waals surface area contributed by atoms with Gasteiger partial charge in [0.1, 0.15) is 0 Å². The lowest BCUT2D eigenvalue weighted by Crippen LogP contribution is -2.64. The molecule has 0 saturated heterocycles. The molecule has 0 aromatic heterocycles. The van der Waals surface area contributed by atoms with Crippen LogP contribution in [0.1, 0.15) is 90.9 Å². The Kier molecular flexibility index (Phi) is 21.9. The van der Waals surface area contributed by atoms with Crippen molar-refractivity contribution in [1.29, 1.82) is 0 Å². The summed E-state index contributed by atoms with van der Waals surface area (Å²) in [5.41, 5.74) is -0.478. The van der Waals surface area contributed by atoms with E-state index in [0.717, 1.165) is 38.3 Å². The molecule has 0 aromatic rings. The SMILES string of the molecule is CCCCCCCCCC(C(=O)OC)[Si@](C)(O[Si](C)(C)O[Si](C)(C)C)O[Si@@](C)(CCCOCCCCC)O[Si](C)(C)O[Si](C)(C)C. The monoisotopic (exact) mass is 756 g/mol. The van der Waals surface area contributed by atoms with Gasteiger partial charge in [-0.2, -0.15) is 0 Å². The van der Waals surface area contributed by atoms with Crippen molar-refractivity contribution < 1.29 is 34.8 Å². The molecule has 0 radical (unpaired) electrons. The number of ether oxygens (including phenoxy) is 2. The second-order valence-corrected chi connectivity index (χ2v) is 39.7. The Morgan fingerprint density at radius 2 is 1.00 bits per heavy atom. The molecule has 14 heteroatoms. The average molecular weight is 757 g/mol. The normalized spacial score (nSPS) is 16.6. The van der Waals surface area contributed by atoms with Crippen molar-refractivity contribution in [2.45, 2.75) is 181 Å². The van der Waals surface area contributed by atoms with Gasteiger partial charge in [0.15, 0.2) is 16.6 Å². The van der Waals surface area contributed by atoms with Crippen molar-refractivity contribution in [2.75, 3.05) is 20.3 Å². The van der Waals surface area contributed by atoms with Crippen LogP contribution in [0.2, 0.25) is 90.1 Å². The van der Waals surface area contributed by atoms with Crippen LogP contribution in [-0.2, 0) is 34.8 Å². The van der Waals surface area contributed by atoms with Gasteiger partial charge in [0.2, 0.25) is 0 Å². The van der Waals surface area contributed by atoms with Gasteiger partial charge in [-0.1, -0.05) is 71.6 Å². The van der Waals surface area contributed by atoms with Crippen LogP contribution >= 0.6 is 0 Å². The molecule has 1 unspecified atom stereocenters. The second kappa shape index (κ2) is 21.7. The lowest BCUT2D eigenvalue weighted by molar-refractivity contribution is -0.141. The van der Waals surface area contributed by atoms with Gasteiger partial charge in [0, 0.05) is 13.2 Å². The maximum atomic E-state index is 13.7. The van der Waals surface area contributed by atoms with E-state index in [0.29, 0.717) is 13.0 Å². The smallest absolute Gasteiger partial charge is 0.331 e. The second-order valence-electron chi connectivity index (χ2n) is 16.1. The van der Waals surface area contributed by atoms with Crippen molar-refractivity contribution in [3.05, 3.63) is 0 Å². The van der Waals surface area contributed by atoms with E-state index in [1.807, 2.05) is 0 Å². The van der Waals surface area contributed by atoms with Gasteiger partial charge in [-0.05, 0) is 104 Å². The van der Waals surface area contributed by atoms with Crippen LogP contribution in [0.3, 0.4) is 0 Å². The number of rotatable bonds is 28. The minimum Gasteiger partial charge on any atom is -0.469 e. The van der Waals surface area contributed by atoms with Gasteiger partial charge >= 0.3 is 40.2 Å². The van der Waals surface area contributed by atoms with Crippen LogP contribution in [0.15, 0.2) is 0 Å². The minimum absolute atomic E-state index is 0.247. The van der Waals surface area contributed by atoms with Crippen molar-refractivity contribution in [1.82, 2.24) is 0 Å². The van der Waals surface area contributed by atoms with E-state index in [4.69, 9.17) is 30.0 Å². The third kappa shape index (κ3) is 22.3. The molecule has 0 bridgehead atoms. The van der Waals surface area contributed by atoms with Gasteiger partial charge in [0.25, 0.3) is 0 Å². The average Bonchev–Trinajstić information content (AvgIpc) is 2.85. The first-order chi connectivity index (χ1) is 21.0. The number of esters is 1. The fourth-order valence-electron chi connectivity index (χ4n) is 6.33. The summed E-state index contributed by atoms with van der Waals surface area (Å²) in [6, 6.07) is 0.737. The summed E-state index contributed by atoms with van der Waals surface area (Å²) in [4.78, 5) is 13.7. The topological polar surface area (TPSA) is 81.7 Å². The Morgan fingerprint density at radius 1 is 0.543 bits per heavy atom. The molecule has 0 aliphatic carbocycles. The largest absolute Gasteiger partial charge is 0.469 e. The van der Waals surface area contributed by atoms with Crippen LogP contribution in [0.5, 0.6) is 0 Å². The van der Waals surface area contributed by atoms with Gasteiger partial charge in [-0.25, -0.2) is 0 Å². The molecule has 0 aliphatic heterocycles. The van der Waals surface area contributed by atoms with Crippen LogP contribution in [0.25, 0.3) is 0 Å². The van der Waals surface area contributed by atoms with Crippen LogP contribution < -0.4 is 0 Å².